The summed E-state index contributed by atoms with van der Waals surface area (Å²) in [7, 11) is 0. The number of hydrogen-bond donors (Lipinski definition) is 1. The second-order valence-electron chi connectivity index (χ2n) is 2.93. The molecule has 1 aliphatic rings. The Morgan fingerprint density at radius 1 is 1.83 bits per heavy atom. The van der Waals surface area contributed by atoms with Gasteiger partial charge in [0, 0.05) is 26.6 Å². The van der Waals surface area contributed by atoms with Crippen molar-refractivity contribution in [2.24, 2.45) is 0 Å². The van der Waals surface area contributed by atoms with Crippen LogP contribution in [0.2, 0.25) is 0 Å². The van der Waals surface area contributed by atoms with E-state index >= 15 is 0 Å². The third-order valence-electron chi connectivity index (χ3n) is 2.08. The van der Waals surface area contributed by atoms with Crippen LogP contribution in [0.5, 0.6) is 0 Å². The van der Waals surface area contributed by atoms with E-state index in [0.29, 0.717) is 6.42 Å². The largest absolute Gasteiger partial charge is 0.336 e. The Morgan fingerprint density at radius 3 is 3.17 bits per heavy atom. The summed E-state index contributed by atoms with van der Waals surface area (Å²) in [6.07, 6.45) is 0.423. The van der Waals surface area contributed by atoms with Crippen LogP contribution in [0.3, 0.4) is 0 Å². The Hall–Kier alpha value is -1.08. The highest BCUT2D eigenvalue weighted by Gasteiger charge is 2.23. The van der Waals surface area contributed by atoms with Crippen LogP contribution in [-0.4, -0.2) is 36.5 Å². The zero-order chi connectivity index (χ0) is 8.97. The SMILES string of the molecule is CC(=O)N1CCNC[C@@H]1CC#N. The van der Waals surface area contributed by atoms with Crippen molar-refractivity contribution < 1.29 is 4.79 Å². The zero-order valence-corrected chi connectivity index (χ0v) is 7.21. The molecule has 66 valence electrons. The number of piperazine rings is 1. The van der Waals surface area contributed by atoms with Gasteiger partial charge in [0.25, 0.3) is 0 Å². The van der Waals surface area contributed by atoms with Gasteiger partial charge in [0.15, 0.2) is 0 Å². The molecule has 0 aromatic heterocycles. The molecule has 0 bridgehead atoms. The molecule has 1 rings (SSSR count). The molecule has 0 aromatic rings. The molecule has 0 unspecified atom stereocenters. The van der Waals surface area contributed by atoms with E-state index in [-0.39, 0.29) is 11.9 Å². The molecule has 0 aliphatic carbocycles. The normalized spacial score (nSPS) is 23.3. The van der Waals surface area contributed by atoms with E-state index in [1.807, 2.05) is 0 Å². The first kappa shape index (κ1) is 9.01. The third-order valence-corrected chi connectivity index (χ3v) is 2.08. The van der Waals surface area contributed by atoms with Gasteiger partial charge < -0.3 is 10.2 Å². The predicted molar refractivity (Wildman–Crippen MR) is 44.3 cm³/mol. The average molecular weight is 167 g/mol. The first-order valence-corrected chi connectivity index (χ1v) is 4.10. The summed E-state index contributed by atoms with van der Waals surface area (Å²) in [6.45, 7) is 3.85. The fourth-order valence-electron chi connectivity index (χ4n) is 1.46. The lowest BCUT2D eigenvalue weighted by molar-refractivity contribution is -0.131. The molecule has 0 radical (unpaired) electrons. The summed E-state index contributed by atoms with van der Waals surface area (Å²) in [4.78, 5) is 12.8. The van der Waals surface area contributed by atoms with Crippen molar-refractivity contribution >= 4 is 5.91 Å². The summed E-state index contributed by atoms with van der Waals surface area (Å²) >= 11 is 0. The standard InChI is InChI=1S/C8H13N3O/c1-7(12)11-5-4-10-6-8(11)2-3-9/h8,10H,2,4-6H2,1H3/t8-/m0/s1. The molecule has 0 spiro atoms. The van der Waals surface area contributed by atoms with Crippen molar-refractivity contribution in [2.75, 3.05) is 19.6 Å². The predicted octanol–water partition coefficient (Wildman–Crippen LogP) is -0.280. The molecule has 0 aromatic carbocycles. The topological polar surface area (TPSA) is 56.1 Å². The van der Waals surface area contributed by atoms with Crippen LogP contribution in [-0.2, 0) is 4.79 Å². The second-order valence-corrected chi connectivity index (χ2v) is 2.93. The number of amides is 1. The molecule has 12 heavy (non-hydrogen) atoms. The van der Waals surface area contributed by atoms with Crippen molar-refractivity contribution in [3.63, 3.8) is 0 Å². The van der Waals surface area contributed by atoms with Crippen molar-refractivity contribution in [2.45, 2.75) is 19.4 Å². The van der Waals surface area contributed by atoms with Gasteiger partial charge in [0.05, 0.1) is 18.5 Å². The van der Waals surface area contributed by atoms with Crippen LogP contribution in [0.15, 0.2) is 0 Å². The molecule has 1 saturated heterocycles. The monoisotopic (exact) mass is 167 g/mol. The highest BCUT2D eigenvalue weighted by Crippen LogP contribution is 2.06. The lowest BCUT2D eigenvalue weighted by atomic mass is 10.1. The summed E-state index contributed by atoms with van der Waals surface area (Å²) < 4.78 is 0. The van der Waals surface area contributed by atoms with Gasteiger partial charge in [-0.05, 0) is 0 Å². The van der Waals surface area contributed by atoms with Crippen LogP contribution < -0.4 is 5.32 Å². The maximum atomic E-state index is 11.1. The van der Waals surface area contributed by atoms with Crippen molar-refractivity contribution in [1.29, 1.82) is 5.26 Å². The van der Waals surface area contributed by atoms with Crippen molar-refractivity contribution in [3.8, 4) is 6.07 Å². The maximum absolute atomic E-state index is 11.1. The lowest BCUT2D eigenvalue weighted by Gasteiger charge is -2.34. The van der Waals surface area contributed by atoms with E-state index in [2.05, 4.69) is 11.4 Å². The van der Waals surface area contributed by atoms with Gasteiger partial charge >= 0.3 is 0 Å². The van der Waals surface area contributed by atoms with E-state index in [1.54, 1.807) is 11.8 Å². The number of nitrogens with one attached hydrogen (secondary N) is 1. The quantitative estimate of drug-likeness (QED) is 0.584. The molecule has 1 aliphatic heterocycles. The molecular formula is C8H13N3O. The minimum Gasteiger partial charge on any atom is -0.336 e. The van der Waals surface area contributed by atoms with E-state index in [1.165, 1.54) is 0 Å². The van der Waals surface area contributed by atoms with E-state index in [0.717, 1.165) is 19.6 Å². The van der Waals surface area contributed by atoms with Gasteiger partial charge in [-0.15, -0.1) is 0 Å². The second kappa shape index (κ2) is 4.07. The van der Waals surface area contributed by atoms with Gasteiger partial charge in [-0.1, -0.05) is 0 Å². The number of carbonyl (C=O) groups excluding carboxylic acids is 1. The van der Waals surface area contributed by atoms with Crippen LogP contribution in [0, 0.1) is 11.3 Å². The lowest BCUT2D eigenvalue weighted by Crippen LogP contribution is -2.52. The molecule has 1 fully saturated rings. The fourth-order valence-corrected chi connectivity index (χ4v) is 1.46. The molecule has 4 heteroatoms. The average Bonchev–Trinajstić information content (AvgIpc) is 2.05. The summed E-state index contributed by atoms with van der Waals surface area (Å²) in [5.41, 5.74) is 0. The van der Waals surface area contributed by atoms with Crippen molar-refractivity contribution in [1.82, 2.24) is 10.2 Å². The number of rotatable bonds is 1. The molecule has 1 atom stereocenters. The molecule has 1 N–H and O–H groups in total. The minimum absolute atomic E-state index is 0.0664. The van der Waals surface area contributed by atoms with Crippen LogP contribution in [0.25, 0.3) is 0 Å². The van der Waals surface area contributed by atoms with E-state index < -0.39 is 0 Å². The Kier molecular flexibility index (Phi) is 3.06. The molecule has 1 heterocycles. The Morgan fingerprint density at radius 2 is 2.58 bits per heavy atom. The van der Waals surface area contributed by atoms with Gasteiger partial charge in [0.2, 0.25) is 5.91 Å². The van der Waals surface area contributed by atoms with Gasteiger partial charge in [-0.2, -0.15) is 5.26 Å². The first-order valence-electron chi connectivity index (χ1n) is 4.10. The fraction of sp³-hybridized carbons (Fsp3) is 0.750. The van der Waals surface area contributed by atoms with Crippen LogP contribution >= 0.6 is 0 Å². The Labute approximate surface area is 72.2 Å². The summed E-state index contributed by atoms with van der Waals surface area (Å²) in [6, 6.07) is 2.16. The Bertz CT molecular complexity index is 209. The smallest absolute Gasteiger partial charge is 0.219 e. The number of nitriles is 1. The van der Waals surface area contributed by atoms with E-state index in [4.69, 9.17) is 5.26 Å². The number of hydrogen-bond acceptors (Lipinski definition) is 3. The highest BCUT2D eigenvalue weighted by molar-refractivity contribution is 5.73. The Balaban J connectivity index is 2.55. The number of nitrogens with zero attached hydrogens (tertiary/aromatic N) is 2. The molecule has 4 nitrogen and oxygen atoms in total. The molecular weight excluding hydrogens is 154 g/mol. The first-order chi connectivity index (χ1) is 5.75. The van der Waals surface area contributed by atoms with Crippen molar-refractivity contribution in [3.05, 3.63) is 0 Å². The molecule has 1 amide bonds. The third kappa shape index (κ3) is 1.95. The summed E-state index contributed by atoms with van der Waals surface area (Å²) in [5, 5.41) is 11.7. The summed E-state index contributed by atoms with van der Waals surface area (Å²) in [5.74, 6) is 0.0664. The maximum Gasteiger partial charge on any atom is 0.219 e. The van der Waals surface area contributed by atoms with Crippen LogP contribution in [0.4, 0.5) is 0 Å². The molecule has 0 saturated carbocycles. The zero-order valence-electron chi connectivity index (χ0n) is 7.21. The van der Waals surface area contributed by atoms with Crippen LogP contribution in [0.1, 0.15) is 13.3 Å². The minimum atomic E-state index is 0.0664. The van der Waals surface area contributed by atoms with Gasteiger partial charge in [0.1, 0.15) is 0 Å². The van der Waals surface area contributed by atoms with Gasteiger partial charge in [-0.25, -0.2) is 0 Å². The van der Waals surface area contributed by atoms with Gasteiger partial charge in [-0.3, -0.25) is 4.79 Å². The van der Waals surface area contributed by atoms with E-state index in [9.17, 15) is 4.79 Å². The highest BCUT2D eigenvalue weighted by atomic mass is 16.2. The number of carbonyl (C=O) groups is 1.